The first-order valence-electron chi connectivity index (χ1n) is 4.73. The van der Waals surface area contributed by atoms with Crippen LogP contribution in [0.15, 0.2) is 0 Å². The molecule has 0 bridgehead atoms. The molecule has 0 aliphatic rings. The first-order valence-corrected chi connectivity index (χ1v) is 4.73. The Hall–Kier alpha value is -2.13. The first kappa shape index (κ1) is 13.9. The highest BCUT2D eigenvalue weighted by molar-refractivity contribution is 5.88. The predicted octanol–water partition coefficient (Wildman–Crippen LogP) is -0.0411. The number of hydrogen-bond donors (Lipinski definition) is 1. The average molecular weight is 266 g/mol. The topological polar surface area (TPSA) is 100 Å². The van der Waals surface area contributed by atoms with Gasteiger partial charge in [0.25, 0.3) is 0 Å². The smallest absolute Gasteiger partial charge is 0.435 e. The molecular weight excluding hydrogens is 257 g/mol. The van der Waals surface area contributed by atoms with Gasteiger partial charge < -0.3 is 10.5 Å². The van der Waals surface area contributed by atoms with Crippen molar-refractivity contribution in [2.75, 3.05) is 6.61 Å². The number of hydrogen-bond acceptors (Lipinski definition) is 5. The minimum atomic E-state index is -4.90. The number of nitrogens with zero attached hydrogens (tertiary/aromatic N) is 3. The standard InChI is InChI=1S/C8H9F3N4O3/c1-2-18-7(17)5-6(8(9,10)11)15(14-13-5)3-4(12)16/h2-3H2,1H3,(H2,12,16). The van der Waals surface area contributed by atoms with Gasteiger partial charge in [-0.05, 0) is 6.92 Å². The van der Waals surface area contributed by atoms with Gasteiger partial charge in [-0.3, -0.25) is 4.79 Å². The summed E-state index contributed by atoms with van der Waals surface area (Å²) in [5.74, 6) is -2.30. The molecule has 0 unspecified atom stereocenters. The molecule has 0 aliphatic carbocycles. The van der Waals surface area contributed by atoms with Crippen molar-refractivity contribution in [3.05, 3.63) is 11.4 Å². The first-order chi connectivity index (χ1) is 8.27. The molecule has 1 amide bonds. The fourth-order valence-electron chi connectivity index (χ4n) is 1.19. The van der Waals surface area contributed by atoms with Crippen molar-refractivity contribution in [3.63, 3.8) is 0 Å². The van der Waals surface area contributed by atoms with Crippen molar-refractivity contribution < 1.29 is 27.5 Å². The molecule has 1 rings (SSSR count). The van der Waals surface area contributed by atoms with E-state index < -0.39 is 36.0 Å². The third-order valence-electron chi connectivity index (χ3n) is 1.78. The second kappa shape index (κ2) is 5.02. The van der Waals surface area contributed by atoms with E-state index in [-0.39, 0.29) is 11.3 Å². The SMILES string of the molecule is CCOC(=O)c1nnn(CC(N)=O)c1C(F)(F)F. The predicted molar refractivity (Wildman–Crippen MR) is 50.2 cm³/mol. The molecular formula is C8H9F3N4O3. The number of amides is 1. The van der Waals surface area contributed by atoms with E-state index in [0.29, 0.717) is 0 Å². The number of halogens is 3. The molecule has 10 heteroatoms. The zero-order chi connectivity index (χ0) is 13.9. The molecule has 2 N–H and O–H groups in total. The lowest BCUT2D eigenvalue weighted by Crippen LogP contribution is -2.25. The van der Waals surface area contributed by atoms with Crippen LogP contribution in [0, 0.1) is 0 Å². The number of carbonyl (C=O) groups excluding carboxylic acids is 2. The minimum absolute atomic E-state index is 0.112. The Morgan fingerprint density at radius 2 is 2.06 bits per heavy atom. The Bertz CT molecular complexity index is 469. The summed E-state index contributed by atoms with van der Waals surface area (Å²) in [7, 11) is 0. The summed E-state index contributed by atoms with van der Waals surface area (Å²) in [6.07, 6.45) is -4.90. The molecule has 0 saturated heterocycles. The number of aromatic nitrogens is 3. The maximum Gasteiger partial charge on any atom is 0.435 e. The summed E-state index contributed by atoms with van der Waals surface area (Å²) in [4.78, 5) is 21.9. The zero-order valence-corrected chi connectivity index (χ0v) is 9.19. The summed E-state index contributed by atoms with van der Waals surface area (Å²) < 4.78 is 42.8. The van der Waals surface area contributed by atoms with Crippen molar-refractivity contribution in [3.8, 4) is 0 Å². The summed E-state index contributed by atoms with van der Waals surface area (Å²) in [5, 5.41) is 6.14. The van der Waals surface area contributed by atoms with Crippen LogP contribution in [0.5, 0.6) is 0 Å². The summed E-state index contributed by atoms with van der Waals surface area (Å²) in [6.45, 7) is 0.485. The zero-order valence-electron chi connectivity index (χ0n) is 9.19. The lowest BCUT2D eigenvalue weighted by Gasteiger charge is -2.09. The van der Waals surface area contributed by atoms with Crippen LogP contribution in [-0.4, -0.2) is 33.5 Å². The molecule has 1 aromatic heterocycles. The van der Waals surface area contributed by atoms with Gasteiger partial charge in [-0.2, -0.15) is 13.2 Å². The van der Waals surface area contributed by atoms with Gasteiger partial charge in [0.15, 0.2) is 5.69 Å². The Labute approximate surface area is 98.7 Å². The van der Waals surface area contributed by atoms with Crippen LogP contribution in [0.1, 0.15) is 23.1 Å². The van der Waals surface area contributed by atoms with Crippen molar-refractivity contribution in [2.24, 2.45) is 5.73 Å². The van der Waals surface area contributed by atoms with Crippen LogP contribution in [0.2, 0.25) is 0 Å². The molecule has 1 aromatic rings. The number of carbonyl (C=O) groups is 2. The van der Waals surface area contributed by atoms with E-state index in [9.17, 15) is 22.8 Å². The largest absolute Gasteiger partial charge is 0.461 e. The molecule has 0 aliphatic heterocycles. The minimum Gasteiger partial charge on any atom is -0.461 e. The quantitative estimate of drug-likeness (QED) is 0.770. The Morgan fingerprint density at radius 1 is 1.44 bits per heavy atom. The second-order valence-corrected chi connectivity index (χ2v) is 3.13. The lowest BCUT2D eigenvalue weighted by atomic mass is 10.3. The highest BCUT2D eigenvalue weighted by Crippen LogP contribution is 2.31. The fourth-order valence-corrected chi connectivity index (χ4v) is 1.19. The van der Waals surface area contributed by atoms with Gasteiger partial charge in [0.1, 0.15) is 6.54 Å². The van der Waals surface area contributed by atoms with Crippen molar-refractivity contribution in [1.82, 2.24) is 15.0 Å². The van der Waals surface area contributed by atoms with Gasteiger partial charge in [0.2, 0.25) is 11.6 Å². The molecule has 0 saturated carbocycles. The van der Waals surface area contributed by atoms with Crippen LogP contribution < -0.4 is 5.73 Å². The molecule has 100 valence electrons. The molecule has 0 atom stereocenters. The highest BCUT2D eigenvalue weighted by atomic mass is 19.4. The Morgan fingerprint density at radius 3 is 2.50 bits per heavy atom. The third-order valence-corrected chi connectivity index (χ3v) is 1.78. The highest BCUT2D eigenvalue weighted by Gasteiger charge is 2.42. The van der Waals surface area contributed by atoms with Gasteiger partial charge in [0, 0.05) is 0 Å². The third kappa shape index (κ3) is 2.96. The van der Waals surface area contributed by atoms with Crippen LogP contribution in [0.4, 0.5) is 13.2 Å². The Balaban J connectivity index is 3.24. The van der Waals surface area contributed by atoms with Crippen LogP contribution in [0.25, 0.3) is 0 Å². The molecule has 0 fully saturated rings. The van der Waals surface area contributed by atoms with Crippen molar-refractivity contribution >= 4 is 11.9 Å². The second-order valence-electron chi connectivity index (χ2n) is 3.13. The van der Waals surface area contributed by atoms with E-state index in [1.165, 1.54) is 6.92 Å². The average Bonchev–Trinajstić information content (AvgIpc) is 2.60. The number of rotatable bonds is 4. The van der Waals surface area contributed by atoms with Crippen LogP contribution in [-0.2, 0) is 22.3 Å². The number of alkyl halides is 3. The van der Waals surface area contributed by atoms with E-state index in [1.54, 1.807) is 0 Å². The lowest BCUT2D eigenvalue weighted by molar-refractivity contribution is -0.145. The molecule has 0 aromatic carbocycles. The van der Waals surface area contributed by atoms with Crippen molar-refractivity contribution in [2.45, 2.75) is 19.6 Å². The monoisotopic (exact) mass is 266 g/mol. The normalized spacial score (nSPS) is 11.3. The Kier molecular flexibility index (Phi) is 3.89. The van der Waals surface area contributed by atoms with Gasteiger partial charge >= 0.3 is 12.1 Å². The van der Waals surface area contributed by atoms with Gasteiger partial charge in [0.05, 0.1) is 6.61 Å². The van der Waals surface area contributed by atoms with E-state index in [1.807, 2.05) is 0 Å². The number of esters is 1. The molecule has 0 spiro atoms. The van der Waals surface area contributed by atoms with E-state index in [0.717, 1.165) is 0 Å². The maximum atomic E-state index is 12.7. The van der Waals surface area contributed by atoms with Gasteiger partial charge in [-0.25, -0.2) is 9.48 Å². The van der Waals surface area contributed by atoms with E-state index in [4.69, 9.17) is 5.73 Å². The van der Waals surface area contributed by atoms with E-state index >= 15 is 0 Å². The van der Waals surface area contributed by atoms with Gasteiger partial charge in [-0.1, -0.05) is 5.21 Å². The number of primary amides is 1. The molecule has 7 nitrogen and oxygen atoms in total. The molecule has 0 radical (unpaired) electrons. The number of nitrogens with two attached hydrogens (primary N) is 1. The van der Waals surface area contributed by atoms with Crippen molar-refractivity contribution in [1.29, 1.82) is 0 Å². The fraction of sp³-hybridized carbons (Fsp3) is 0.500. The van der Waals surface area contributed by atoms with Crippen LogP contribution >= 0.6 is 0 Å². The number of ether oxygens (including phenoxy) is 1. The molecule has 1 heterocycles. The summed E-state index contributed by atoms with van der Waals surface area (Å²) in [5.41, 5.74) is 2.32. The molecule has 18 heavy (non-hydrogen) atoms. The van der Waals surface area contributed by atoms with Gasteiger partial charge in [-0.15, -0.1) is 5.10 Å². The summed E-state index contributed by atoms with van der Waals surface area (Å²) >= 11 is 0. The summed E-state index contributed by atoms with van der Waals surface area (Å²) in [6, 6.07) is 0. The van der Waals surface area contributed by atoms with E-state index in [2.05, 4.69) is 15.0 Å². The maximum absolute atomic E-state index is 12.7. The van der Waals surface area contributed by atoms with Crippen LogP contribution in [0.3, 0.4) is 0 Å².